The van der Waals surface area contributed by atoms with Crippen molar-refractivity contribution in [3.8, 4) is 0 Å². The molecule has 0 saturated carbocycles. The van der Waals surface area contributed by atoms with Crippen molar-refractivity contribution >= 4 is 29.4 Å². The fourth-order valence-electron chi connectivity index (χ4n) is 2.49. The Labute approximate surface area is 144 Å². The molecule has 2 aromatic rings. The van der Waals surface area contributed by atoms with Crippen molar-refractivity contribution in [1.82, 2.24) is 5.32 Å². The molecule has 120 valence electrons. The van der Waals surface area contributed by atoms with Gasteiger partial charge in [0.05, 0.1) is 5.25 Å². The van der Waals surface area contributed by atoms with Gasteiger partial charge in [-0.2, -0.15) is 11.8 Å². The monoisotopic (exact) mass is 347 g/mol. The summed E-state index contributed by atoms with van der Waals surface area (Å²) >= 11 is 3.27. The first-order valence-electron chi connectivity index (χ1n) is 7.57. The molecule has 3 rings (SSSR count). The van der Waals surface area contributed by atoms with Crippen LogP contribution in [0.5, 0.6) is 0 Å². The zero-order chi connectivity index (χ0) is 16.1. The van der Waals surface area contributed by atoms with Gasteiger partial charge in [-0.3, -0.25) is 4.79 Å². The molecule has 0 bridgehead atoms. The molecule has 0 aliphatic carbocycles. The number of benzene rings is 2. The topological polar surface area (TPSA) is 29.1 Å². The Morgan fingerprint density at radius 1 is 1.22 bits per heavy atom. The molecule has 1 atom stereocenters. The molecule has 0 saturated heterocycles. The molecule has 1 aliphatic rings. The summed E-state index contributed by atoms with van der Waals surface area (Å²) in [5.41, 5.74) is 1.97. The number of fused-ring (bicyclic) bond motifs is 1. The first-order chi connectivity index (χ1) is 11.2. The minimum atomic E-state index is -0.163. The molecule has 1 heterocycles. The van der Waals surface area contributed by atoms with E-state index in [4.69, 9.17) is 0 Å². The quantitative estimate of drug-likeness (QED) is 0.804. The predicted molar refractivity (Wildman–Crippen MR) is 95.4 cm³/mol. The first kappa shape index (κ1) is 16.4. The molecule has 2 nitrogen and oxygen atoms in total. The van der Waals surface area contributed by atoms with Gasteiger partial charge in [0.25, 0.3) is 0 Å². The summed E-state index contributed by atoms with van der Waals surface area (Å²) in [5.74, 6) is 1.35. The lowest BCUT2D eigenvalue weighted by Gasteiger charge is -2.10. The second kappa shape index (κ2) is 7.88. The van der Waals surface area contributed by atoms with Crippen molar-refractivity contribution in [1.29, 1.82) is 0 Å². The van der Waals surface area contributed by atoms with E-state index in [9.17, 15) is 9.18 Å². The first-order valence-corrected chi connectivity index (χ1v) is 9.61. The Bertz CT molecular complexity index is 667. The number of amides is 1. The number of thioether (sulfide) groups is 2. The summed E-state index contributed by atoms with van der Waals surface area (Å²) in [6.45, 7) is 0.616. The van der Waals surface area contributed by atoms with Gasteiger partial charge >= 0.3 is 0 Å². The van der Waals surface area contributed by atoms with Gasteiger partial charge in [-0.05, 0) is 29.7 Å². The smallest absolute Gasteiger partial charge is 0.233 e. The summed E-state index contributed by atoms with van der Waals surface area (Å²) in [6, 6.07) is 15.0. The number of carbonyl (C=O) groups excluding carboxylic acids is 1. The minimum absolute atomic E-state index is 0.0241. The van der Waals surface area contributed by atoms with E-state index in [0.717, 1.165) is 12.2 Å². The molecule has 23 heavy (non-hydrogen) atoms. The number of halogens is 1. The van der Waals surface area contributed by atoms with Gasteiger partial charge < -0.3 is 5.32 Å². The third kappa shape index (κ3) is 4.30. The van der Waals surface area contributed by atoms with Crippen LogP contribution in [0.1, 0.15) is 11.1 Å². The molecule has 0 radical (unpaired) electrons. The van der Waals surface area contributed by atoms with Crippen LogP contribution in [-0.4, -0.2) is 23.5 Å². The lowest BCUT2D eigenvalue weighted by Crippen LogP contribution is -2.33. The molecule has 0 fully saturated rings. The van der Waals surface area contributed by atoms with E-state index >= 15 is 0 Å². The van der Waals surface area contributed by atoms with E-state index in [0.29, 0.717) is 17.9 Å². The van der Waals surface area contributed by atoms with Crippen LogP contribution >= 0.6 is 23.5 Å². The molecule has 0 spiro atoms. The molecule has 1 N–H and O–H groups in total. The third-order valence-corrected chi connectivity index (χ3v) is 6.03. The highest BCUT2D eigenvalue weighted by Gasteiger charge is 2.27. The summed E-state index contributed by atoms with van der Waals surface area (Å²) in [5, 5.41) is 2.96. The van der Waals surface area contributed by atoms with Gasteiger partial charge in [-0.25, -0.2) is 4.39 Å². The third-order valence-electron chi connectivity index (χ3n) is 3.70. The van der Waals surface area contributed by atoms with Gasteiger partial charge in [-0.15, -0.1) is 11.8 Å². The molecule has 2 aromatic carbocycles. The van der Waals surface area contributed by atoms with Crippen LogP contribution < -0.4 is 5.32 Å². The van der Waals surface area contributed by atoms with E-state index in [2.05, 4.69) is 17.4 Å². The number of hydrogen-bond donors (Lipinski definition) is 1. The van der Waals surface area contributed by atoms with Crippen LogP contribution in [0.25, 0.3) is 0 Å². The summed E-state index contributed by atoms with van der Waals surface area (Å²) in [7, 11) is 0. The molecule has 1 unspecified atom stereocenters. The maximum absolute atomic E-state index is 13.5. The van der Waals surface area contributed by atoms with E-state index in [1.54, 1.807) is 35.7 Å². The lowest BCUT2D eigenvalue weighted by molar-refractivity contribution is -0.120. The predicted octanol–water partition coefficient (Wildman–Crippen LogP) is 3.89. The van der Waals surface area contributed by atoms with Crippen LogP contribution in [-0.2, 0) is 17.0 Å². The van der Waals surface area contributed by atoms with Crippen molar-refractivity contribution in [3.05, 3.63) is 65.5 Å². The zero-order valence-electron chi connectivity index (χ0n) is 12.6. The van der Waals surface area contributed by atoms with Gasteiger partial charge in [0.1, 0.15) is 5.82 Å². The highest BCUT2D eigenvalue weighted by Crippen LogP contribution is 2.36. The largest absolute Gasteiger partial charge is 0.354 e. The summed E-state index contributed by atoms with van der Waals surface area (Å²) < 4.78 is 13.5. The zero-order valence-corrected chi connectivity index (χ0v) is 14.3. The Morgan fingerprint density at radius 3 is 2.83 bits per heavy atom. The highest BCUT2D eigenvalue weighted by molar-refractivity contribution is 8.01. The number of carbonyl (C=O) groups is 1. The number of rotatable bonds is 6. The highest BCUT2D eigenvalue weighted by atomic mass is 32.2. The maximum atomic E-state index is 13.5. The summed E-state index contributed by atoms with van der Waals surface area (Å²) in [6.07, 6.45) is 0.801. The standard InChI is InChI=1S/C18H18FNOS2/c19-15-7-3-1-6-14(15)12-22-10-9-20-18(21)17-11-13-5-2-4-8-16(13)23-17/h1-8,17H,9-12H2,(H,20,21). The Morgan fingerprint density at radius 2 is 2.00 bits per heavy atom. The molecule has 1 amide bonds. The normalized spacial score (nSPS) is 16.1. The van der Waals surface area contributed by atoms with Crippen molar-refractivity contribution in [2.24, 2.45) is 0 Å². The fourth-order valence-corrected chi connectivity index (χ4v) is 4.55. The Hall–Kier alpha value is -1.46. The Balaban J connectivity index is 1.37. The van der Waals surface area contributed by atoms with Crippen LogP contribution in [0.15, 0.2) is 53.4 Å². The van der Waals surface area contributed by atoms with E-state index in [-0.39, 0.29) is 17.0 Å². The van der Waals surface area contributed by atoms with Crippen LogP contribution in [0.4, 0.5) is 4.39 Å². The Kier molecular flexibility index (Phi) is 5.62. The maximum Gasteiger partial charge on any atom is 0.233 e. The van der Waals surface area contributed by atoms with Gasteiger partial charge in [0, 0.05) is 22.9 Å². The minimum Gasteiger partial charge on any atom is -0.354 e. The summed E-state index contributed by atoms with van der Waals surface area (Å²) in [4.78, 5) is 13.4. The molecular weight excluding hydrogens is 329 g/mol. The van der Waals surface area contributed by atoms with Crippen LogP contribution in [0.2, 0.25) is 0 Å². The van der Waals surface area contributed by atoms with E-state index < -0.39 is 0 Å². The van der Waals surface area contributed by atoms with Crippen molar-refractivity contribution in [3.63, 3.8) is 0 Å². The molecule has 1 aliphatic heterocycles. The molecule has 5 heteroatoms. The number of nitrogens with one attached hydrogen (secondary N) is 1. The van der Waals surface area contributed by atoms with Gasteiger partial charge in [0.15, 0.2) is 0 Å². The average Bonchev–Trinajstić information content (AvgIpc) is 3.00. The fraction of sp³-hybridized carbons (Fsp3) is 0.278. The number of hydrogen-bond acceptors (Lipinski definition) is 3. The molecular formula is C18H18FNOS2. The van der Waals surface area contributed by atoms with Crippen LogP contribution in [0.3, 0.4) is 0 Å². The average molecular weight is 347 g/mol. The lowest BCUT2D eigenvalue weighted by atomic mass is 10.1. The second-order valence-electron chi connectivity index (χ2n) is 5.35. The van der Waals surface area contributed by atoms with Gasteiger partial charge in [-0.1, -0.05) is 36.4 Å². The van der Waals surface area contributed by atoms with Crippen molar-refractivity contribution in [2.75, 3.05) is 12.3 Å². The molecule has 0 aromatic heterocycles. The van der Waals surface area contributed by atoms with E-state index in [1.165, 1.54) is 16.5 Å². The van der Waals surface area contributed by atoms with Crippen LogP contribution in [0, 0.1) is 5.82 Å². The van der Waals surface area contributed by atoms with Gasteiger partial charge in [0.2, 0.25) is 5.91 Å². The SMILES string of the molecule is O=C(NCCSCc1ccccc1F)C1Cc2ccccc2S1. The van der Waals surface area contributed by atoms with Crippen molar-refractivity contribution in [2.45, 2.75) is 22.3 Å². The second-order valence-corrected chi connectivity index (χ2v) is 7.70. The van der Waals surface area contributed by atoms with E-state index in [1.807, 2.05) is 18.2 Å². The van der Waals surface area contributed by atoms with Crippen molar-refractivity contribution < 1.29 is 9.18 Å².